The molecular formula is C13H16O5S2. The first-order valence-corrected chi connectivity index (χ1v) is 8.86. The van der Waals surface area contributed by atoms with Gasteiger partial charge in [-0.05, 0) is 19.1 Å². The second kappa shape index (κ2) is 5.65. The van der Waals surface area contributed by atoms with Crippen molar-refractivity contribution in [2.45, 2.75) is 46.2 Å². The smallest absolute Gasteiger partial charge is 0.216 e. The molecule has 0 aliphatic carbocycles. The number of aliphatic hydroxyl groups excluding tert-OH is 1. The molecule has 1 fully saturated rings. The van der Waals surface area contributed by atoms with E-state index in [2.05, 4.69) is 0 Å². The molecule has 1 aromatic rings. The van der Waals surface area contributed by atoms with Crippen LogP contribution in [0.4, 0.5) is 0 Å². The third kappa shape index (κ3) is 2.37. The molecule has 1 saturated heterocycles. The first kappa shape index (κ1) is 14.3. The molecule has 2 aliphatic rings. The van der Waals surface area contributed by atoms with Crippen LogP contribution in [0.25, 0.3) is 0 Å². The maximum atomic E-state index is 12.4. The number of rotatable bonds is 3. The van der Waals surface area contributed by atoms with Crippen molar-refractivity contribution in [1.29, 1.82) is 0 Å². The Kier molecular flexibility index (Phi) is 4.05. The summed E-state index contributed by atoms with van der Waals surface area (Å²) in [5, 5.41) is 9.28. The molecule has 110 valence electrons. The Labute approximate surface area is 122 Å². The lowest BCUT2D eigenvalue weighted by Crippen LogP contribution is -2.33. The van der Waals surface area contributed by atoms with Crippen LogP contribution in [0.5, 0.6) is 0 Å². The Balaban J connectivity index is 1.80. The van der Waals surface area contributed by atoms with Crippen LogP contribution >= 0.6 is 0 Å². The summed E-state index contributed by atoms with van der Waals surface area (Å²) in [6.45, 7) is 1.73. The molecule has 7 heteroatoms. The molecule has 0 amide bonds. The van der Waals surface area contributed by atoms with Gasteiger partial charge in [0.2, 0.25) is 4.77 Å². The summed E-state index contributed by atoms with van der Waals surface area (Å²) < 4.78 is 35.1. The molecule has 0 spiro atoms. The van der Waals surface area contributed by atoms with Gasteiger partial charge >= 0.3 is 0 Å². The van der Waals surface area contributed by atoms with Crippen LogP contribution in [0.3, 0.4) is 0 Å². The first-order chi connectivity index (χ1) is 9.61. The first-order valence-electron chi connectivity index (χ1n) is 6.43. The second-order valence-electron chi connectivity index (χ2n) is 4.91. The van der Waals surface area contributed by atoms with Gasteiger partial charge in [0.25, 0.3) is 0 Å². The lowest BCUT2D eigenvalue weighted by molar-refractivity contribution is -0.0390. The molecule has 0 bridgehead atoms. The van der Waals surface area contributed by atoms with E-state index in [-0.39, 0.29) is 18.8 Å². The molecule has 20 heavy (non-hydrogen) atoms. The zero-order chi connectivity index (χ0) is 14.3. The minimum atomic E-state index is -1.45. The number of hydrogen-bond donors (Lipinski definition) is 1. The molecule has 5 nitrogen and oxygen atoms in total. The Morgan fingerprint density at radius 1 is 1.30 bits per heavy atom. The van der Waals surface area contributed by atoms with Gasteiger partial charge in [0.05, 0.1) is 50.2 Å². The van der Waals surface area contributed by atoms with E-state index < -0.39 is 32.5 Å². The van der Waals surface area contributed by atoms with Crippen molar-refractivity contribution in [3.8, 4) is 0 Å². The molecule has 1 aromatic carbocycles. The van der Waals surface area contributed by atoms with Gasteiger partial charge in [-0.1, -0.05) is 12.1 Å². The van der Waals surface area contributed by atoms with Crippen LogP contribution < -0.4 is 0 Å². The second-order valence-corrected chi connectivity index (χ2v) is 8.13. The van der Waals surface area contributed by atoms with Crippen LogP contribution in [0.15, 0.2) is 34.1 Å². The Morgan fingerprint density at radius 3 is 2.45 bits per heavy atom. The highest BCUT2D eigenvalue weighted by atomic mass is 32.2. The van der Waals surface area contributed by atoms with E-state index in [9.17, 15) is 13.5 Å². The predicted octanol–water partition coefficient (Wildman–Crippen LogP) is 0.754. The SMILES string of the molecule is C[C@H]1CC(OC2S(=O)c3ccccc3S2=O)[C@@H](CO)O1. The zero-order valence-electron chi connectivity index (χ0n) is 10.9. The molecule has 5 atom stereocenters. The van der Waals surface area contributed by atoms with Gasteiger partial charge in [0.1, 0.15) is 6.10 Å². The topological polar surface area (TPSA) is 72.8 Å². The summed E-state index contributed by atoms with van der Waals surface area (Å²) in [7, 11) is -2.90. The maximum Gasteiger partial charge on any atom is 0.216 e. The van der Waals surface area contributed by atoms with Gasteiger partial charge in [0, 0.05) is 6.42 Å². The summed E-state index contributed by atoms with van der Waals surface area (Å²) >= 11 is 0. The highest BCUT2D eigenvalue weighted by molar-refractivity contribution is 8.05. The van der Waals surface area contributed by atoms with Crippen LogP contribution in [-0.4, -0.2) is 43.2 Å². The monoisotopic (exact) mass is 316 g/mol. The van der Waals surface area contributed by atoms with Gasteiger partial charge < -0.3 is 14.6 Å². The molecule has 0 radical (unpaired) electrons. The van der Waals surface area contributed by atoms with Crippen LogP contribution in [0, 0.1) is 0 Å². The molecule has 2 aliphatic heterocycles. The van der Waals surface area contributed by atoms with E-state index in [1.807, 2.05) is 6.92 Å². The van der Waals surface area contributed by atoms with Crippen molar-refractivity contribution in [1.82, 2.24) is 0 Å². The average Bonchev–Trinajstić information content (AvgIpc) is 2.93. The fourth-order valence-corrected chi connectivity index (χ4v) is 6.15. The number of ether oxygens (including phenoxy) is 2. The van der Waals surface area contributed by atoms with Gasteiger partial charge in [-0.25, -0.2) is 0 Å². The highest BCUT2D eigenvalue weighted by Gasteiger charge is 2.42. The van der Waals surface area contributed by atoms with Gasteiger partial charge in [-0.2, -0.15) is 0 Å². The van der Waals surface area contributed by atoms with Crippen molar-refractivity contribution in [2.75, 3.05) is 6.61 Å². The van der Waals surface area contributed by atoms with Crippen LogP contribution in [0.2, 0.25) is 0 Å². The van der Waals surface area contributed by atoms with Gasteiger partial charge in [-0.3, -0.25) is 8.42 Å². The standard InChI is InChI=1S/C13H16O5S2/c1-8-6-9(10(7-14)17-8)18-13-19(15)11-4-2-3-5-12(11)20(13)16/h2-5,8-10,13-14H,6-7H2,1H3/t8-,9?,10+,13?,19?,20?/m0/s1. The zero-order valence-corrected chi connectivity index (χ0v) is 12.6. The van der Waals surface area contributed by atoms with Gasteiger partial charge in [-0.15, -0.1) is 0 Å². The summed E-state index contributed by atoms with van der Waals surface area (Å²) in [6.07, 6.45) is -0.236. The normalized spacial score (nSPS) is 39.9. The Bertz CT molecular complexity index is 526. The van der Waals surface area contributed by atoms with E-state index in [0.29, 0.717) is 16.2 Å². The molecule has 3 rings (SSSR count). The van der Waals surface area contributed by atoms with E-state index in [0.717, 1.165) is 0 Å². The third-order valence-corrected chi connectivity index (χ3v) is 7.16. The molecule has 3 unspecified atom stereocenters. The van der Waals surface area contributed by atoms with E-state index in [1.165, 1.54) is 0 Å². The molecule has 0 saturated carbocycles. The number of hydrogen-bond acceptors (Lipinski definition) is 5. The Morgan fingerprint density at radius 2 is 1.90 bits per heavy atom. The molecular weight excluding hydrogens is 300 g/mol. The van der Waals surface area contributed by atoms with Crippen molar-refractivity contribution in [3.63, 3.8) is 0 Å². The van der Waals surface area contributed by atoms with E-state index in [1.54, 1.807) is 24.3 Å². The lowest BCUT2D eigenvalue weighted by atomic mass is 10.1. The van der Waals surface area contributed by atoms with E-state index >= 15 is 0 Å². The summed E-state index contributed by atoms with van der Waals surface area (Å²) in [5.41, 5.74) is 0. The average molecular weight is 316 g/mol. The summed E-state index contributed by atoms with van der Waals surface area (Å²) in [4.78, 5) is 1.15. The molecule has 2 heterocycles. The van der Waals surface area contributed by atoms with Gasteiger partial charge in [0.15, 0.2) is 0 Å². The van der Waals surface area contributed by atoms with Crippen molar-refractivity contribution in [2.24, 2.45) is 0 Å². The highest BCUT2D eigenvalue weighted by Crippen LogP contribution is 2.35. The fraction of sp³-hybridized carbons (Fsp3) is 0.538. The quantitative estimate of drug-likeness (QED) is 0.891. The largest absolute Gasteiger partial charge is 0.394 e. The number of aliphatic hydroxyl groups is 1. The van der Waals surface area contributed by atoms with Crippen molar-refractivity contribution >= 4 is 21.6 Å². The molecule has 0 aromatic heterocycles. The molecule has 1 N–H and O–H groups in total. The maximum absolute atomic E-state index is 12.4. The van der Waals surface area contributed by atoms with Crippen LogP contribution in [-0.2, 0) is 31.1 Å². The summed E-state index contributed by atoms with van der Waals surface area (Å²) in [6, 6.07) is 6.97. The van der Waals surface area contributed by atoms with E-state index in [4.69, 9.17) is 9.47 Å². The van der Waals surface area contributed by atoms with Crippen molar-refractivity contribution in [3.05, 3.63) is 24.3 Å². The third-order valence-electron chi connectivity index (χ3n) is 3.48. The number of fused-ring (bicyclic) bond motifs is 1. The minimum Gasteiger partial charge on any atom is -0.394 e. The minimum absolute atomic E-state index is 0.0252. The van der Waals surface area contributed by atoms with Crippen LogP contribution in [0.1, 0.15) is 13.3 Å². The Hall–Kier alpha value is -0.600. The predicted molar refractivity (Wildman–Crippen MR) is 74.0 cm³/mol. The number of benzene rings is 1. The van der Waals surface area contributed by atoms with Crippen molar-refractivity contribution < 1.29 is 23.0 Å². The fourth-order valence-electron chi connectivity index (χ4n) is 2.54. The summed E-state index contributed by atoms with van der Waals surface area (Å²) in [5.74, 6) is 0. The lowest BCUT2D eigenvalue weighted by Gasteiger charge is -2.19.